The number of carbonyl (C=O) groups excluding carboxylic acids is 2. The fourth-order valence-corrected chi connectivity index (χ4v) is 10.4. The zero-order valence-electron chi connectivity index (χ0n) is 24.9. The Bertz CT molecular complexity index is 1790. The number of fused-ring (bicyclic) bond motifs is 6. The normalized spacial score (nSPS) is 34.2. The van der Waals surface area contributed by atoms with Gasteiger partial charge in [0.2, 0.25) is 10.9 Å². The maximum absolute atomic E-state index is 13.2. The van der Waals surface area contributed by atoms with Crippen LogP contribution in [-0.4, -0.2) is 52.4 Å². The Morgan fingerprint density at radius 2 is 1.91 bits per heavy atom. The van der Waals surface area contributed by atoms with Gasteiger partial charge in [-0.15, -0.1) is 12.6 Å². The Morgan fingerprint density at radius 1 is 1.16 bits per heavy atom. The molecule has 0 amide bonds. The molecule has 11 heteroatoms. The second-order valence-corrected chi connectivity index (χ2v) is 16.0. The summed E-state index contributed by atoms with van der Waals surface area (Å²) in [7, 11) is -3.30. The Balaban J connectivity index is 1.20. The van der Waals surface area contributed by atoms with Crippen molar-refractivity contribution in [3.63, 3.8) is 0 Å². The van der Waals surface area contributed by atoms with Crippen molar-refractivity contribution in [1.29, 1.82) is 0 Å². The van der Waals surface area contributed by atoms with E-state index in [0.29, 0.717) is 25.7 Å². The van der Waals surface area contributed by atoms with Crippen LogP contribution in [0, 0.1) is 28.6 Å². The van der Waals surface area contributed by atoms with Crippen LogP contribution >= 0.6 is 12.6 Å². The number of benzene rings is 1. The lowest BCUT2D eigenvalue weighted by atomic mass is 9.45. The lowest BCUT2D eigenvalue weighted by molar-refractivity contribution is -0.174. The molecule has 0 spiro atoms. The number of thiol groups is 1. The van der Waals surface area contributed by atoms with E-state index in [2.05, 4.69) is 30.7 Å². The standard InChI is InChI=1S/C33H36N2O7S2/c1-31-16-19-18-34-35(21-7-9-22(10-8-21)44(3,39)40)25(19)15-20(31)6-11-23-24-12-13-33(30(38)43,32(24,2)17-26(36)28(23)31)42-29(37)27-5-4-14-41-27/h4-5,7-10,14-15,18,23-24,26,28,36H,6,11-13,16-17H2,1-3H3,(H,38,43)/t23-,24-,26-,28+,31-,32-,33-/m1/s1. The molecule has 9 nitrogen and oxygen atoms in total. The number of aromatic nitrogens is 2. The third kappa shape index (κ3) is 4.15. The van der Waals surface area contributed by atoms with E-state index in [1.165, 1.54) is 24.2 Å². The van der Waals surface area contributed by atoms with Crippen molar-refractivity contribution < 1.29 is 32.3 Å². The molecule has 4 aliphatic carbocycles. The molecule has 1 N–H and O–H groups in total. The molecule has 7 atom stereocenters. The Kier molecular flexibility index (Phi) is 6.67. The maximum atomic E-state index is 13.2. The van der Waals surface area contributed by atoms with Crippen LogP contribution in [-0.2, 0) is 25.8 Å². The monoisotopic (exact) mass is 636 g/mol. The van der Waals surface area contributed by atoms with Crippen LogP contribution in [0.2, 0.25) is 0 Å². The molecule has 0 bridgehead atoms. The molecule has 0 aliphatic heterocycles. The number of esters is 1. The van der Waals surface area contributed by atoms with E-state index in [9.17, 15) is 23.1 Å². The number of furan rings is 1. The summed E-state index contributed by atoms with van der Waals surface area (Å²) in [6.07, 6.45) is 9.70. The van der Waals surface area contributed by atoms with Gasteiger partial charge in [-0.25, -0.2) is 17.9 Å². The summed E-state index contributed by atoms with van der Waals surface area (Å²) in [4.78, 5) is 26.6. The highest BCUT2D eigenvalue weighted by Crippen LogP contribution is 2.68. The number of hydrogen-bond donors (Lipinski definition) is 2. The second kappa shape index (κ2) is 9.92. The molecule has 3 saturated carbocycles. The number of rotatable bonds is 5. The lowest BCUT2D eigenvalue weighted by Gasteiger charge is -2.60. The first-order valence-corrected chi connectivity index (χ1v) is 17.4. The van der Waals surface area contributed by atoms with Crippen LogP contribution in [0.5, 0.6) is 0 Å². The van der Waals surface area contributed by atoms with Crippen LogP contribution in [0.4, 0.5) is 0 Å². The average Bonchev–Trinajstić information content (AvgIpc) is 3.70. The summed E-state index contributed by atoms with van der Waals surface area (Å²) in [6, 6.07) is 9.85. The first-order chi connectivity index (χ1) is 20.8. The number of allylic oxidation sites excluding steroid dienone is 1. The van der Waals surface area contributed by atoms with Crippen molar-refractivity contribution in [2.45, 2.75) is 69.0 Å². The van der Waals surface area contributed by atoms with E-state index in [0.717, 1.165) is 29.8 Å². The van der Waals surface area contributed by atoms with Crippen molar-refractivity contribution in [2.24, 2.45) is 28.6 Å². The minimum Gasteiger partial charge on any atom is -0.457 e. The number of nitrogens with zero attached hydrogens (tertiary/aromatic N) is 2. The molecule has 1 aromatic carbocycles. The highest BCUT2D eigenvalue weighted by atomic mass is 32.2. The third-order valence-corrected chi connectivity index (χ3v) is 12.9. The molecule has 2 heterocycles. The average molecular weight is 637 g/mol. The Labute approximate surface area is 262 Å². The smallest absolute Gasteiger partial charge is 0.375 e. The summed E-state index contributed by atoms with van der Waals surface area (Å²) in [5, 5.41) is 16.2. The van der Waals surface area contributed by atoms with E-state index < -0.39 is 38.0 Å². The molecule has 0 unspecified atom stereocenters. The van der Waals surface area contributed by atoms with Crippen molar-refractivity contribution in [3.05, 3.63) is 71.4 Å². The van der Waals surface area contributed by atoms with Gasteiger partial charge in [0.25, 0.3) is 0 Å². The van der Waals surface area contributed by atoms with E-state index >= 15 is 0 Å². The van der Waals surface area contributed by atoms with Crippen LogP contribution in [0.25, 0.3) is 11.8 Å². The number of carbonyl (C=O) groups is 2. The molecule has 232 valence electrons. The van der Waals surface area contributed by atoms with Crippen LogP contribution < -0.4 is 0 Å². The van der Waals surface area contributed by atoms with E-state index in [1.807, 2.05) is 17.8 Å². The van der Waals surface area contributed by atoms with Crippen molar-refractivity contribution in [1.82, 2.24) is 9.78 Å². The van der Waals surface area contributed by atoms with Gasteiger partial charge in [0, 0.05) is 11.7 Å². The van der Waals surface area contributed by atoms with Crippen LogP contribution in [0.1, 0.15) is 67.8 Å². The maximum Gasteiger partial charge on any atom is 0.375 e. The van der Waals surface area contributed by atoms with Gasteiger partial charge in [-0.2, -0.15) is 5.10 Å². The molecule has 4 aliphatic rings. The van der Waals surface area contributed by atoms with Crippen LogP contribution in [0.3, 0.4) is 0 Å². The van der Waals surface area contributed by atoms with Gasteiger partial charge in [0.15, 0.2) is 15.4 Å². The second-order valence-electron chi connectivity index (χ2n) is 13.6. The number of hydrogen-bond acceptors (Lipinski definition) is 8. The van der Waals surface area contributed by atoms with E-state index in [4.69, 9.17) is 9.15 Å². The quantitative estimate of drug-likeness (QED) is 0.293. The first kappa shape index (κ1) is 29.6. The first-order valence-electron chi connectivity index (χ1n) is 15.1. The van der Waals surface area contributed by atoms with Crippen molar-refractivity contribution in [3.8, 4) is 5.69 Å². The van der Waals surface area contributed by atoms with Gasteiger partial charge >= 0.3 is 5.97 Å². The molecule has 3 fully saturated rings. The molecule has 0 saturated heterocycles. The van der Waals surface area contributed by atoms with Gasteiger partial charge in [0.1, 0.15) is 0 Å². The summed E-state index contributed by atoms with van der Waals surface area (Å²) in [6.45, 7) is 4.23. The molecular weight excluding hydrogens is 601 g/mol. The number of sulfone groups is 1. The molecule has 7 rings (SSSR count). The number of ether oxygens (including phenoxy) is 1. The summed E-state index contributed by atoms with van der Waals surface area (Å²) in [5.74, 6) is -0.516. The summed E-state index contributed by atoms with van der Waals surface area (Å²) < 4.78 is 37.0. The highest BCUT2D eigenvalue weighted by Gasteiger charge is 2.70. The van der Waals surface area contributed by atoms with Crippen molar-refractivity contribution in [2.75, 3.05) is 6.26 Å². The largest absolute Gasteiger partial charge is 0.457 e. The molecule has 2 aromatic heterocycles. The number of aliphatic hydroxyl groups excluding tert-OH is 1. The fourth-order valence-electron chi connectivity index (χ4n) is 9.38. The number of aliphatic hydroxyl groups is 1. The van der Waals surface area contributed by atoms with Gasteiger partial charge in [0.05, 0.1) is 34.8 Å². The van der Waals surface area contributed by atoms with Gasteiger partial charge in [-0.1, -0.05) is 19.4 Å². The predicted molar refractivity (Wildman–Crippen MR) is 165 cm³/mol. The Morgan fingerprint density at radius 3 is 2.57 bits per heavy atom. The lowest BCUT2D eigenvalue weighted by Crippen LogP contribution is -2.62. The Hall–Kier alpha value is -3.15. The van der Waals surface area contributed by atoms with E-state index in [1.54, 1.807) is 30.3 Å². The highest BCUT2D eigenvalue weighted by molar-refractivity contribution is 7.96. The van der Waals surface area contributed by atoms with E-state index in [-0.39, 0.29) is 33.8 Å². The predicted octanol–water partition coefficient (Wildman–Crippen LogP) is 5.07. The van der Waals surface area contributed by atoms with Gasteiger partial charge in [-0.3, -0.25) is 4.79 Å². The van der Waals surface area contributed by atoms with Crippen molar-refractivity contribution >= 4 is 39.6 Å². The molecule has 0 radical (unpaired) electrons. The molecule has 3 aromatic rings. The topological polar surface area (TPSA) is 129 Å². The molecule has 44 heavy (non-hydrogen) atoms. The minimum atomic E-state index is -3.30. The zero-order valence-corrected chi connectivity index (χ0v) is 26.6. The summed E-state index contributed by atoms with van der Waals surface area (Å²) in [5.41, 5.74) is 1.54. The molecular formula is C33H36N2O7S2. The third-order valence-electron chi connectivity index (χ3n) is 11.4. The fraction of sp³-hybridized carbons (Fsp3) is 0.485. The van der Waals surface area contributed by atoms with Crippen LogP contribution in [0.15, 0.2) is 63.7 Å². The van der Waals surface area contributed by atoms with Gasteiger partial charge in [-0.05, 0) is 110 Å². The minimum absolute atomic E-state index is 0.0325. The zero-order chi connectivity index (χ0) is 31.2. The summed E-state index contributed by atoms with van der Waals surface area (Å²) >= 11 is 4.27. The SMILES string of the molecule is C[C@@]12Cc3cnn(-c4ccc(S(C)(=O)=O)cc4)c3C=C1CC[C@H]1[C@H]2[C@H](O)C[C@]2(C)[C@@H]1CC[C@@]2(OC(=O)c1ccco1)C(=O)S. The van der Waals surface area contributed by atoms with Gasteiger partial charge < -0.3 is 14.3 Å².